The lowest BCUT2D eigenvalue weighted by atomic mass is 10.0. The van der Waals surface area contributed by atoms with Gasteiger partial charge in [0, 0.05) is 38.3 Å². The Morgan fingerprint density at radius 2 is 1.77 bits per heavy atom. The van der Waals surface area contributed by atoms with Gasteiger partial charge in [-0.25, -0.2) is 9.78 Å². The smallest absolute Gasteiger partial charge is 0.410 e. The molecule has 204 valence electrons. The summed E-state index contributed by atoms with van der Waals surface area (Å²) in [7, 11) is 1.74. The Bertz CT molecular complexity index is 1340. The maximum atomic E-state index is 12.2. The largest absolute Gasteiger partial charge is 0.444 e. The van der Waals surface area contributed by atoms with Gasteiger partial charge in [-0.2, -0.15) is 10.2 Å². The second-order valence-corrected chi connectivity index (χ2v) is 10.9. The van der Waals surface area contributed by atoms with Gasteiger partial charge < -0.3 is 19.3 Å². The molecule has 1 saturated heterocycles. The van der Waals surface area contributed by atoms with Gasteiger partial charge in [-0.05, 0) is 82.7 Å². The molecule has 2 aromatic carbocycles. The van der Waals surface area contributed by atoms with Crippen molar-refractivity contribution in [3.05, 3.63) is 65.5 Å². The van der Waals surface area contributed by atoms with Crippen molar-refractivity contribution in [2.45, 2.75) is 59.0 Å². The average molecular weight is 528 g/mol. The molecule has 0 atom stereocenters. The Morgan fingerprint density at radius 1 is 1.05 bits per heavy atom. The first kappa shape index (κ1) is 27.9. The molecule has 1 aliphatic rings. The van der Waals surface area contributed by atoms with Crippen LogP contribution in [0.15, 0.2) is 48.5 Å². The number of amides is 1. The van der Waals surface area contributed by atoms with E-state index in [0.717, 1.165) is 48.4 Å². The maximum absolute atomic E-state index is 12.2. The molecule has 0 spiro atoms. The summed E-state index contributed by atoms with van der Waals surface area (Å²) in [5.41, 5.74) is 2.91. The number of aromatic nitrogens is 2. The van der Waals surface area contributed by atoms with Gasteiger partial charge in [0.2, 0.25) is 5.88 Å². The number of ether oxygens (including phenoxy) is 2. The predicted molar refractivity (Wildman–Crippen MR) is 152 cm³/mol. The van der Waals surface area contributed by atoms with Crippen LogP contribution >= 0.6 is 0 Å². The zero-order valence-electron chi connectivity index (χ0n) is 23.5. The topological polar surface area (TPSA) is 91.6 Å². The molecule has 1 fully saturated rings. The van der Waals surface area contributed by atoms with Crippen molar-refractivity contribution < 1.29 is 14.3 Å². The third kappa shape index (κ3) is 7.70. The number of benzene rings is 2. The van der Waals surface area contributed by atoms with Crippen LogP contribution in [0.4, 0.5) is 10.6 Å². The molecule has 4 rings (SSSR count). The molecule has 8 nitrogen and oxygen atoms in total. The van der Waals surface area contributed by atoms with Crippen molar-refractivity contribution in [3.8, 4) is 28.8 Å². The lowest BCUT2D eigenvalue weighted by molar-refractivity contribution is 0.0300. The van der Waals surface area contributed by atoms with Crippen molar-refractivity contribution >= 4 is 11.9 Å². The molecule has 8 heteroatoms. The van der Waals surface area contributed by atoms with Crippen LogP contribution in [-0.4, -0.2) is 53.2 Å². The number of nitriles is 1. The SMILES string of the molecule is Cc1nc(Oc2cc(C#N)ccc2-c2ccc(CCN(C)C(=O)OC(C)(C)C)cc2)cc(N2CCCCC2)n1. The summed E-state index contributed by atoms with van der Waals surface area (Å²) in [4.78, 5) is 25.3. The first-order valence-electron chi connectivity index (χ1n) is 13.5. The first-order chi connectivity index (χ1) is 18.6. The second-order valence-electron chi connectivity index (χ2n) is 10.9. The Labute approximate surface area is 231 Å². The molecule has 0 radical (unpaired) electrons. The summed E-state index contributed by atoms with van der Waals surface area (Å²) in [5, 5.41) is 9.51. The molecule has 3 aromatic rings. The number of carbonyl (C=O) groups excluding carboxylic acids is 1. The van der Waals surface area contributed by atoms with Gasteiger partial charge in [0.05, 0.1) is 11.6 Å². The zero-order valence-corrected chi connectivity index (χ0v) is 23.5. The highest BCUT2D eigenvalue weighted by Crippen LogP contribution is 2.35. The van der Waals surface area contributed by atoms with Crippen LogP contribution in [-0.2, 0) is 11.2 Å². The third-order valence-electron chi connectivity index (χ3n) is 6.51. The van der Waals surface area contributed by atoms with Crippen LogP contribution in [0.5, 0.6) is 11.6 Å². The van der Waals surface area contributed by atoms with Gasteiger partial charge in [0.15, 0.2) is 0 Å². The lowest BCUT2D eigenvalue weighted by Gasteiger charge is -2.28. The minimum atomic E-state index is -0.520. The Morgan fingerprint density at radius 3 is 2.44 bits per heavy atom. The van der Waals surface area contributed by atoms with Crippen molar-refractivity contribution in [1.29, 1.82) is 5.26 Å². The van der Waals surface area contributed by atoms with E-state index >= 15 is 0 Å². The summed E-state index contributed by atoms with van der Waals surface area (Å²) in [5.74, 6) is 2.54. The fourth-order valence-corrected chi connectivity index (χ4v) is 4.47. The fourth-order valence-electron chi connectivity index (χ4n) is 4.47. The quantitative estimate of drug-likeness (QED) is 0.346. The van der Waals surface area contributed by atoms with Crippen molar-refractivity contribution in [1.82, 2.24) is 14.9 Å². The number of anilines is 1. The van der Waals surface area contributed by atoms with E-state index in [0.29, 0.717) is 36.0 Å². The Kier molecular flexibility index (Phi) is 8.70. The van der Waals surface area contributed by atoms with Gasteiger partial charge in [0.25, 0.3) is 0 Å². The summed E-state index contributed by atoms with van der Waals surface area (Å²) in [6.07, 6.45) is 3.92. The van der Waals surface area contributed by atoms with Crippen molar-refractivity contribution in [2.75, 3.05) is 31.6 Å². The van der Waals surface area contributed by atoms with Gasteiger partial charge in [-0.15, -0.1) is 0 Å². The molecule has 1 amide bonds. The minimum Gasteiger partial charge on any atom is -0.444 e. The Balaban J connectivity index is 1.51. The number of aryl methyl sites for hydroxylation is 1. The molecule has 1 aromatic heterocycles. The number of hydrogen-bond donors (Lipinski definition) is 0. The van der Waals surface area contributed by atoms with E-state index in [4.69, 9.17) is 9.47 Å². The summed E-state index contributed by atoms with van der Waals surface area (Å²) < 4.78 is 11.7. The van der Waals surface area contributed by atoms with E-state index < -0.39 is 5.60 Å². The number of nitrogens with zero attached hydrogens (tertiary/aromatic N) is 5. The summed E-state index contributed by atoms with van der Waals surface area (Å²) in [6.45, 7) is 9.95. The van der Waals surface area contributed by atoms with Gasteiger partial charge in [-0.3, -0.25) is 0 Å². The van der Waals surface area contributed by atoms with Gasteiger partial charge >= 0.3 is 6.09 Å². The van der Waals surface area contributed by atoms with Crippen LogP contribution in [0.3, 0.4) is 0 Å². The average Bonchev–Trinajstić information content (AvgIpc) is 2.91. The molecule has 0 unspecified atom stereocenters. The predicted octanol–water partition coefficient (Wildman–Crippen LogP) is 6.52. The van der Waals surface area contributed by atoms with Gasteiger partial charge in [0.1, 0.15) is 23.0 Å². The minimum absolute atomic E-state index is 0.332. The number of likely N-dealkylation sites (N-methyl/N-ethyl adjacent to an activating group) is 1. The van der Waals surface area contributed by atoms with E-state index in [1.165, 1.54) is 6.42 Å². The molecular formula is C31H37N5O3. The monoisotopic (exact) mass is 527 g/mol. The molecule has 0 saturated carbocycles. The molecule has 2 heterocycles. The highest BCUT2D eigenvalue weighted by molar-refractivity contribution is 5.72. The second kappa shape index (κ2) is 12.2. The third-order valence-corrected chi connectivity index (χ3v) is 6.51. The van der Waals surface area contributed by atoms with Gasteiger partial charge in [-0.1, -0.05) is 24.3 Å². The summed E-state index contributed by atoms with van der Waals surface area (Å²) in [6, 6.07) is 17.7. The summed E-state index contributed by atoms with van der Waals surface area (Å²) >= 11 is 0. The van der Waals surface area contributed by atoms with Crippen LogP contribution < -0.4 is 9.64 Å². The standard InChI is InChI=1S/C31H37N5O3/c1-22-33-28(36-16-7-6-8-17-36)20-29(34-22)38-27-19-24(21-32)11-14-26(27)25-12-9-23(10-13-25)15-18-35(5)30(37)39-31(2,3)4/h9-14,19-20H,6-8,15-18H2,1-5H3. The van der Waals surface area contributed by atoms with E-state index in [2.05, 4.69) is 20.9 Å². The number of piperidine rings is 1. The maximum Gasteiger partial charge on any atom is 0.410 e. The van der Waals surface area contributed by atoms with E-state index in [1.54, 1.807) is 24.1 Å². The van der Waals surface area contributed by atoms with Crippen LogP contribution in [0.1, 0.15) is 57.0 Å². The van der Waals surface area contributed by atoms with Crippen LogP contribution in [0.2, 0.25) is 0 Å². The zero-order chi connectivity index (χ0) is 28.0. The normalized spacial score (nSPS) is 13.5. The van der Waals surface area contributed by atoms with E-state index in [1.807, 2.05) is 64.1 Å². The molecule has 0 aliphatic carbocycles. The van der Waals surface area contributed by atoms with Crippen molar-refractivity contribution in [2.24, 2.45) is 0 Å². The first-order valence-corrected chi connectivity index (χ1v) is 13.5. The fraction of sp³-hybridized carbons (Fsp3) is 0.419. The molecule has 0 bridgehead atoms. The highest BCUT2D eigenvalue weighted by atomic mass is 16.6. The van der Waals surface area contributed by atoms with Crippen LogP contribution in [0.25, 0.3) is 11.1 Å². The van der Waals surface area contributed by atoms with Crippen LogP contribution in [0, 0.1) is 18.3 Å². The highest BCUT2D eigenvalue weighted by Gasteiger charge is 2.20. The molecular weight excluding hydrogens is 490 g/mol. The van der Waals surface area contributed by atoms with Crippen molar-refractivity contribution in [3.63, 3.8) is 0 Å². The molecule has 0 N–H and O–H groups in total. The van der Waals surface area contributed by atoms with E-state index in [-0.39, 0.29) is 6.09 Å². The number of rotatable bonds is 7. The molecule has 1 aliphatic heterocycles. The number of carbonyl (C=O) groups is 1. The lowest BCUT2D eigenvalue weighted by Crippen LogP contribution is -2.35. The number of hydrogen-bond acceptors (Lipinski definition) is 7. The molecule has 39 heavy (non-hydrogen) atoms. The van der Waals surface area contributed by atoms with E-state index in [9.17, 15) is 10.1 Å². The Hall–Kier alpha value is -4.12.